The number of carbonyl (C=O) groups is 1. The van der Waals surface area contributed by atoms with Gasteiger partial charge in [-0.1, -0.05) is 6.07 Å². The van der Waals surface area contributed by atoms with E-state index in [-0.39, 0.29) is 18.6 Å². The van der Waals surface area contributed by atoms with Crippen molar-refractivity contribution >= 4 is 22.5 Å². The third-order valence-corrected chi connectivity index (χ3v) is 7.00. The first-order valence-electron chi connectivity index (χ1n) is 12.1. The Balaban J connectivity index is 1.05. The van der Waals surface area contributed by atoms with Crippen molar-refractivity contribution in [3.63, 3.8) is 0 Å². The van der Waals surface area contributed by atoms with E-state index in [2.05, 4.69) is 33.4 Å². The molecule has 3 aliphatic rings. The molecule has 7 heteroatoms. The van der Waals surface area contributed by atoms with Gasteiger partial charge in [0.1, 0.15) is 18.5 Å². The van der Waals surface area contributed by atoms with Crippen molar-refractivity contribution < 1.29 is 19.0 Å². The molecule has 34 heavy (non-hydrogen) atoms. The van der Waals surface area contributed by atoms with E-state index < -0.39 is 0 Å². The number of aryl methyl sites for hydroxylation is 1. The molecule has 6 rings (SSSR count). The van der Waals surface area contributed by atoms with Crippen molar-refractivity contribution in [3.8, 4) is 17.2 Å². The van der Waals surface area contributed by atoms with Crippen LogP contribution in [0.2, 0.25) is 0 Å². The largest absolute Gasteiger partial charge is 0.486 e. The average Bonchev–Trinajstić information content (AvgIpc) is 2.84. The fourth-order valence-electron chi connectivity index (χ4n) is 5.22. The second kappa shape index (κ2) is 8.80. The summed E-state index contributed by atoms with van der Waals surface area (Å²) in [6.45, 7) is 5.64. The van der Waals surface area contributed by atoms with Crippen molar-refractivity contribution in [1.82, 2.24) is 9.88 Å². The topological polar surface area (TPSA) is 72.9 Å². The Morgan fingerprint density at radius 1 is 1.06 bits per heavy atom. The van der Waals surface area contributed by atoms with Crippen LogP contribution in [0.15, 0.2) is 42.5 Å². The number of rotatable bonds is 4. The summed E-state index contributed by atoms with van der Waals surface area (Å²) in [4.78, 5) is 18.7. The van der Waals surface area contributed by atoms with Crippen LogP contribution >= 0.6 is 0 Å². The highest BCUT2D eigenvalue weighted by Gasteiger charge is 2.28. The van der Waals surface area contributed by atoms with Crippen LogP contribution in [0.5, 0.6) is 17.2 Å². The summed E-state index contributed by atoms with van der Waals surface area (Å²) in [5, 5.41) is 3.92. The zero-order valence-electron chi connectivity index (χ0n) is 19.4. The van der Waals surface area contributed by atoms with E-state index in [1.165, 1.54) is 5.56 Å². The normalized spacial score (nSPS) is 20.5. The van der Waals surface area contributed by atoms with Gasteiger partial charge in [0.25, 0.3) is 5.91 Å². The van der Waals surface area contributed by atoms with Gasteiger partial charge in [-0.3, -0.25) is 14.7 Å². The molecule has 0 bridgehead atoms. The molecule has 1 atom stereocenters. The molecule has 1 aromatic heterocycles. The number of amides is 1. The van der Waals surface area contributed by atoms with Gasteiger partial charge in [-0.25, -0.2) is 0 Å². The van der Waals surface area contributed by atoms with Gasteiger partial charge in [0, 0.05) is 17.6 Å². The number of hydrogen-bond acceptors (Lipinski definition) is 6. The molecular weight excluding hydrogens is 430 g/mol. The SMILES string of the molecule is Cc1ccc2c3c(ccc2n1)OC[C@H](CN1CCC(Cc2ccc4c(c2)NC(=O)CO4)CC1)O3. The molecule has 1 saturated heterocycles. The Morgan fingerprint density at radius 3 is 2.79 bits per heavy atom. The van der Waals surface area contributed by atoms with Crippen LogP contribution in [0.3, 0.4) is 0 Å². The Morgan fingerprint density at radius 2 is 1.91 bits per heavy atom. The number of ether oxygens (including phenoxy) is 3. The summed E-state index contributed by atoms with van der Waals surface area (Å²) in [5.41, 5.74) is 3.98. The monoisotopic (exact) mass is 459 g/mol. The number of likely N-dealkylation sites (tertiary alicyclic amines) is 1. The maximum atomic E-state index is 11.6. The molecule has 2 aromatic carbocycles. The maximum absolute atomic E-state index is 11.6. The standard InChI is InChI=1S/C27H29N3O4/c1-17-2-4-21-22(28-17)5-7-25-27(21)34-20(15-32-25)14-30-10-8-18(9-11-30)12-19-3-6-24-23(13-19)29-26(31)16-33-24/h2-7,13,18,20H,8-12,14-16H2,1H3,(H,29,31)/t20-/m0/s1. The number of nitrogens with zero attached hydrogens (tertiary/aromatic N) is 2. The minimum absolute atomic E-state index is 0.0141. The predicted octanol–water partition coefficient (Wildman–Crippen LogP) is 3.97. The lowest BCUT2D eigenvalue weighted by Gasteiger charge is -2.36. The number of nitrogens with one attached hydrogen (secondary N) is 1. The van der Waals surface area contributed by atoms with Gasteiger partial charge < -0.3 is 19.5 Å². The Bertz CT molecular complexity index is 1240. The average molecular weight is 460 g/mol. The van der Waals surface area contributed by atoms with E-state index in [9.17, 15) is 4.79 Å². The highest BCUT2D eigenvalue weighted by molar-refractivity contribution is 5.95. The van der Waals surface area contributed by atoms with Gasteiger partial charge in [-0.2, -0.15) is 0 Å². The summed E-state index contributed by atoms with van der Waals surface area (Å²) in [5.74, 6) is 2.93. The molecule has 0 spiro atoms. The quantitative estimate of drug-likeness (QED) is 0.637. The number of carbonyl (C=O) groups excluding carboxylic acids is 1. The third kappa shape index (κ3) is 4.28. The van der Waals surface area contributed by atoms with Crippen LogP contribution in [0.1, 0.15) is 24.1 Å². The highest BCUT2D eigenvalue weighted by Crippen LogP contribution is 2.38. The number of hydrogen-bond donors (Lipinski definition) is 1. The summed E-state index contributed by atoms with van der Waals surface area (Å²) in [6, 6.07) is 14.2. The molecule has 1 fully saturated rings. The number of piperidine rings is 1. The van der Waals surface area contributed by atoms with Crippen LogP contribution in [0.4, 0.5) is 5.69 Å². The molecule has 4 heterocycles. The minimum Gasteiger partial charge on any atom is -0.486 e. The van der Waals surface area contributed by atoms with Crippen LogP contribution in [-0.2, 0) is 11.2 Å². The second-order valence-electron chi connectivity index (χ2n) is 9.58. The number of pyridine rings is 1. The summed E-state index contributed by atoms with van der Waals surface area (Å²) in [6.07, 6.45) is 3.33. The van der Waals surface area contributed by atoms with E-state index >= 15 is 0 Å². The van der Waals surface area contributed by atoms with Gasteiger partial charge in [-0.15, -0.1) is 0 Å². The van der Waals surface area contributed by atoms with Crippen molar-refractivity contribution in [2.45, 2.75) is 32.3 Å². The van der Waals surface area contributed by atoms with Gasteiger partial charge in [0.05, 0.1) is 11.2 Å². The van der Waals surface area contributed by atoms with Crippen LogP contribution in [-0.4, -0.2) is 54.7 Å². The fraction of sp³-hybridized carbons (Fsp3) is 0.407. The first kappa shape index (κ1) is 21.2. The molecule has 0 saturated carbocycles. The molecule has 3 aliphatic heterocycles. The molecule has 0 aliphatic carbocycles. The molecule has 176 valence electrons. The van der Waals surface area contributed by atoms with Crippen LogP contribution < -0.4 is 19.5 Å². The Labute approximate surface area is 199 Å². The summed E-state index contributed by atoms with van der Waals surface area (Å²) in [7, 11) is 0. The van der Waals surface area contributed by atoms with Crippen LogP contribution in [0.25, 0.3) is 10.9 Å². The van der Waals surface area contributed by atoms with E-state index in [4.69, 9.17) is 14.2 Å². The second-order valence-corrected chi connectivity index (χ2v) is 9.58. The first-order chi connectivity index (χ1) is 16.6. The lowest BCUT2D eigenvalue weighted by molar-refractivity contribution is -0.118. The molecule has 1 amide bonds. The maximum Gasteiger partial charge on any atom is 0.262 e. The van der Waals surface area contributed by atoms with E-state index in [0.29, 0.717) is 12.5 Å². The Kier molecular flexibility index (Phi) is 5.49. The summed E-state index contributed by atoms with van der Waals surface area (Å²) >= 11 is 0. The van der Waals surface area contributed by atoms with Crippen molar-refractivity contribution in [2.75, 3.05) is 38.2 Å². The lowest BCUT2D eigenvalue weighted by atomic mass is 9.90. The smallest absolute Gasteiger partial charge is 0.262 e. The van der Waals surface area contributed by atoms with Gasteiger partial charge >= 0.3 is 0 Å². The van der Waals surface area contributed by atoms with Crippen molar-refractivity contribution in [3.05, 3.63) is 53.7 Å². The number of aromatic nitrogens is 1. The zero-order valence-corrected chi connectivity index (χ0v) is 19.4. The van der Waals surface area contributed by atoms with Crippen molar-refractivity contribution in [2.24, 2.45) is 5.92 Å². The van der Waals surface area contributed by atoms with Gasteiger partial charge in [0.15, 0.2) is 18.1 Å². The van der Waals surface area contributed by atoms with Gasteiger partial charge in [0.2, 0.25) is 0 Å². The highest BCUT2D eigenvalue weighted by atomic mass is 16.6. The molecule has 1 N–H and O–H groups in total. The number of fused-ring (bicyclic) bond motifs is 4. The van der Waals surface area contributed by atoms with E-state index in [1.807, 2.05) is 31.2 Å². The van der Waals surface area contributed by atoms with E-state index in [1.54, 1.807) is 0 Å². The molecule has 7 nitrogen and oxygen atoms in total. The fourth-order valence-corrected chi connectivity index (χ4v) is 5.22. The zero-order chi connectivity index (χ0) is 23.1. The Hall–Kier alpha value is -3.32. The molecule has 0 radical (unpaired) electrons. The van der Waals surface area contributed by atoms with Crippen LogP contribution in [0, 0.1) is 12.8 Å². The van der Waals surface area contributed by atoms with Gasteiger partial charge in [-0.05, 0) is 87.2 Å². The number of anilines is 1. The lowest BCUT2D eigenvalue weighted by Crippen LogP contribution is -2.44. The summed E-state index contributed by atoms with van der Waals surface area (Å²) < 4.78 is 17.9. The predicted molar refractivity (Wildman–Crippen MR) is 130 cm³/mol. The van der Waals surface area contributed by atoms with E-state index in [0.717, 1.165) is 78.4 Å². The van der Waals surface area contributed by atoms with Crippen molar-refractivity contribution in [1.29, 1.82) is 0 Å². The number of benzene rings is 2. The molecule has 0 unspecified atom stereocenters. The third-order valence-electron chi connectivity index (χ3n) is 7.00. The first-order valence-corrected chi connectivity index (χ1v) is 12.1. The molecular formula is C27H29N3O4. The minimum atomic E-state index is -0.0890. The molecule has 3 aromatic rings.